The maximum absolute atomic E-state index is 12.3. The highest BCUT2D eigenvalue weighted by molar-refractivity contribution is 7.80. The number of rotatable bonds is 12. The molecule has 27 heavy (non-hydrogen) atoms. The van der Waals surface area contributed by atoms with Crippen LogP contribution in [0.15, 0.2) is 0 Å². The molecule has 4 amide bonds. The van der Waals surface area contributed by atoms with Gasteiger partial charge in [0.25, 0.3) is 0 Å². The number of thiol groups is 1. The van der Waals surface area contributed by atoms with Gasteiger partial charge in [-0.15, -0.1) is 0 Å². The third-order valence-corrected chi connectivity index (χ3v) is 4.18. The van der Waals surface area contributed by atoms with Gasteiger partial charge in [0.05, 0.1) is 19.0 Å². The van der Waals surface area contributed by atoms with Crippen molar-refractivity contribution in [2.24, 2.45) is 17.4 Å². The molecule has 0 fully saturated rings. The Morgan fingerprint density at radius 3 is 2.15 bits per heavy atom. The molecular formula is C15H27N5O6S. The normalized spacial score (nSPS) is 15.0. The predicted molar refractivity (Wildman–Crippen MR) is 99.6 cm³/mol. The largest absolute Gasteiger partial charge is 0.480 e. The highest BCUT2D eigenvalue weighted by Gasteiger charge is 2.30. The number of amides is 4. The number of nitrogens with one attached hydrogen (secondary N) is 3. The van der Waals surface area contributed by atoms with E-state index in [1.54, 1.807) is 13.8 Å². The molecule has 0 rings (SSSR count). The van der Waals surface area contributed by atoms with Gasteiger partial charge in [0.15, 0.2) is 0 Å². The van der Waals surface area contributed by atoms with E-state index in [1.807, 2.05) is 0 Å². The van der Waals surface area contributed by atoms with Gasteiger partial charge in [-0.1, -0.05) is 20.3 Å². The molecule has 0 aromatic rings. The second kappa shape index (κ2) is 12.1. The maximum Gasteiger partial charge on any atom is 0.326 e. The van der Waals surface area contributed by atoms with Gasteiger partial charge in [0, 0.05) is 5.75 Å². The lowest BCUT2D eigenvalue weighted by Gasteiger charge is -2.24. The maximum atomic E-state index is 12.3. The number of aliphatic carboxylic acids is 1. The number of carbonyl (C=O) groups excluding carboxylic acids is 4. The Balaban J connectivity index is 4.97. The van der Waals surface area contributed by atoms with Gasteiger partial charge in [-0.3, -0.25) is 19.2 Å². The fraction of sp³-hybridized carbons (Fsp3) is 0.667. The number of primary amides is 1. The minimum Gasteiger partial charge on any atom is -0.480 e. The average molecular weight is 405 g/mol. The van der Waals surface area contributed by atoms with E-state index in [0.29, 0.717) is 6.42 Å². The van der Waals surface area contributed by atoms with E-state index in [2.05, 4.69) is 28.6 Å². The van der Waals surface area contributed by atoms with Crippen molar-refractivity contribution >= 4 is 42.2 Å². The van der Waals surface area contributed by atoms with E-state index in [4.69, 9.17) is 11.5 Å². The Morgan fingerprint density at radius 2 is 1.70 bits per heavy atom. The molecule has 0 radical (unpaired) electrons. The van der Waals surface area contributed by atoms with Gasteiger partial charge < -0.3 is 32.5 Å². The number of carbonyl (C=O) groups is 5. The summed E-state index contributed by atoms with van der Waals surface area (Å²) in [5, 5.41) is 16.0. The summed E-state index contributed by atoms with van der Waals surface area (Å²) in [5.74, 6) is -4.66. The summed E-state index contributed by atoms with van der Waals surface area (Å²) < 4.78 is 0. The molecule has 0 aliphatic rings. The molecule has 0 aliphatic carbocycles. The van der Waals surface area contributed by atoms with Crippen LogP contribution in [0.25, 0.3) is 0 Å². The van der Waals surface area contributed by atoms with Gasteiger partial charge >= 0.3 is 5.97 Å². The molecule has 0 bridgehead atoms. The summed E-state index contributed by atoms with van der Waals surface area (Å²) in [7, 11) is 0. The van der Waals surface area contributed by atoms with Crippen molar-refractivity contribution in [1.29, 1.82) is 0 Å². The second-order valence-electron chi connectivity index (χ2n) is 6.01. The molecule has 8 N–H and O–H groups in total. The SMILES string of the molecule is CCC(C)C(NC(=O)C(CC(N)=O)NC(=O)CNC(=O)C(N)CS)C(=O)O. The van der Waals surface area contributed by atoms with Crippen LogP contribution < -0.4 is 27.4 Å². The quantitative estimate of drug-likeness (QED) is 0.172. The van der Waals surface area contributed by atoms with E-state index >= 15 is 0 Å². The smallest absolute Gasteiger partial charge is 0.326 e. The van der Waals surface area contributed by atoms with Crippen molar-refractivity contribution in [1.82, 2.24) is 16.0 Å². The number of hydrogen-bond donors (Lipinski definition) is 7. The van der Waals surface area contributed by atoms with Crippen LogP contribution in [-0.4, -0.2) is 65.1 Å². The first-order valence-corrected chi connectivity index (χ1v) is 8.91. The molecule has 0 spiro atoms. The molecule has 0 aromatic heterocycles. The lowest BCUT2D eigenvalue weighted by atomic mass is 9.98. The molecule has 0 heterocycles. The van der Waals surface area contributed by atoms with Crippen molar-refractivity contribution in [2.45, 2.75) is 44.8 Å². The fourth-order valence-electron chi connectivity index (χ4n) is 1.97. The van der Waals surface area contributed by atoms with E-state index in [1.165, 1.54) is 0 Å². The lowest BCUT2D eigenvalue weighted by molar-refractivity contribution is -0.143. The third-order valence-electron chi connectivity index (χ3n) is 3.79. The Bertz CT molecular complexity index is 573. The third kappa shape index (κ3) is 9.24. The lowest BCUT2D eigenvalue weighted by Crippen LogP contribution is -2.55. The number of carboxylic acids is 1. The van der Waals surface area contributed by atoms with Gasteiger partial charge in [-0.25, -0.2) is 4.79 Å². The summed E-state index contributed by atoms with van der Waals surface area (Å²) in [6, 6.07) is -3.48. The van der Waals surface area contributed by atoms with Crippen LogP contribution in [0.5, 0.6) is 0 Å². The van der Waals surface area contributed by atoms with E-state index < -0.39 is 60.7 Å². The van der Waals surface area contributed by atoms with Crippen LogP contribution in [0.4, 0.5) is 0 Å². The predicted octanol–water partition coefficient (Wildman–Crippen LogP) is -2.66. The van der Waals surface area contributed by atoms with Crippen LogP contribution in [0.2, 0.25) is 0 Å². The van der Waals surface area contributed by atoms with Gasteiger partial charge in [0.1, 0.15) is 12.1 Å². The number of nitrogens with two attached hydrogens (primary N) is 2. The molecular weight excluding hydrogens is 378 g/mol. The molecule has 4 unspecified atom stereocenters. The van der Waals surface area contributed by atoms with Crippen LogP contribution in [0, 0.1) is 5.92 Å². The zero-order chi connectivity index (χ0) is 21.1. The monoisotopic (exact) mass is 405 g/mol. The summed E-state index contributed by atoms with van der Waals surface area (Å²) in [4.78, 5) is 58.3. The minimum absolute atomic E-state index is 0.0757. The molecule has 0 aromatic carbocycles. The second-order valence-corrected chi connectivity index (χ2v) is 6.37. The van der Waals surface area contributed by atoms with Crippen LogP contribution in [0.3, 0.4) is 0 Å². The van der Waals surface area contributed by atoms with Gasteiger partial charge in [0.2, 0.25) is 23.6 Å². The number of hydrogen-bond acceptors (Lipinski definition) is 7. The van der Waals surface area contributed by atoms with E-state index in [9.17, 15) is 29.1 Å². The Kier molecular flexibility index (Phi) is 11.1. The topological polar surface area (TPSA) is 194 Å². The van der Waals surface area contributed by atoms with Crippen molar-refractivity contribution in [3.8, 4) is 0 Å². The van der Waals surface area contributed by atoms with Crippen molar-refractivity contribution in [3.63, 3.8) is 0 Å². The first-order chi connectivity index (χ1) is 12.5. The average Bonchev–Trinajstić information content (AvgIpc) is 2.61. The Hall–Kier alpha value is -2.34. The molecule has 12 heteroatoms. The summed E-state index contributed by atoms with van der Waals surface area (Å²) >= 11 is 3.85. The van der Waals surface area contributed by atoms with E-state index in [0.717, 1.165) is 0 Å². The number of carboxylic acid groups (broad SMARTS) is 1. The first-order valence-electron chi connectivity index (χ1n) is 8.28. The van der Waals surface area contributed by atoms with Gasteiger partial charge in [-0.2, -0.15) is 12.6 Å². The molecule has 0 saturated carbocycles. The summed E-state index contributed by atoms with van der Waals surface area (Å²) in [6.07, 6.45) is -0.0456. The summed E-state index contributed by atoms with van der Waals surface area (Å²) in [6.45, 7) is 2.91. The molecule has 4 atom stereocenters. The summed E-state index contributed by atoms with van der Waals surface area (Å²) in [5.41, 5.74) is 10.5. The molecule has 0 saturated heterocycles. The van der Waals surface area contributed by atoms with E-state index in [-0.39, 0.29) is 11.7 Å². The first kappa shape index (κ1) is 24.7. The van der Waals surface area contributed by atoms with Crippen LogP contribution in [0.1, 0.15) is 26.7 Å². The molecule has 0 aliphatic heterocycles. The highest BCUT2D eigenvalue weighted by atomic mass is 32.1. The van der Waals surface area contributed by atoms with Crippen molar-refractivity contribution < 1.29 is 29.1 Å². The van der Waals surface area contributed by atoms with Crippen LogP contribution in [-0.2, 0) is 24.0 Å². The zero-order valence-electron chi connectivity index (χ0n) is 15.2. The Morgan fingerprint density at radius 1 is 1.11 bits per heavy atom. The fourth-order valence-corrected chi connectivity index (χ4v) is 2.14. The minimum atomic E-state index is -1.38. The van der Waals surface area contributed by atoms with Gasteiger partial charge in [-0.05, 0) is 5.92 Å². The molecule has 154 valence electrons. The molecule has 11 nitrogen and oxygen atoms in total. The zero-order valence-corrected chi connectivity index (χ0v) is 16.1. The highest BCUT2D eigenvalue weighted by Crippen LogP contribution is 2.08. The van der Waals surface area contributed by atoms with Crippen molar-refractivity contribution in [2.75, 3.05) is 12.3 Å². The van der Waals surface area contributed by atoms with Crippen molar-refractivity contribution in [3.05, 3.63) is 0 Å². The Labute approximate surface area is 162 Å². The van der Waals surface area contributed by atoms with Crippen LogP contribution >= 0.6 is 12.6 Å². The standard InChI is InChI=1S/C15H27N5O6S/c1-3-7(2)12(15(25)26)20-14(24)9(4-10(17)21)19-11(22)5-18-13(23)8(16)6-27/h7-9,12,27H,3-6,16H2,1-2H3,(H2,17,21)(H,18,23)(H,19,22)(H,20,24)(H,25,26).